The van der Waals surface area contributed by atoms with Crippen LogP contribution in [0, 0.1) is 0 Å². The number of hydrogen-bond donors (Lipinski definition) is 0. The van der Waals surface area contributed by atoms with E-state index in [1.54, 1.807) is 19.2 Å². The van der Waals surface area contributed by atoms with Gasteiger partial charge in [0.05, 0.1) is 12.5 Å². The lowest BCUT2D eigenvalue weighted by Crippen LogP contribution is -1.96. The Morgan fingerprint density at radius 3 is 2.42 bits per heavy atom. The Labute approximate surface area is 135 Å². The molecule has 0 saturated carbocycles. The predicted octanol–water partition coefficient (Wildman–Crippen LogP) is 6.09. The van der Waals surface area contributed by atoms with E-state index in [2.05, 4.69) is 15.9 Å². The van der Waals surface area contributed by atoms with Gasteiger partial charge in [0.15, 0.2) is 0 Å². The van der Waals surface area contributed by atoms with Crippen LogP contribution in [0.4, 0.5) is 0 Å². The Morgan fingerprint density at radius 2 is 1.79 bits per heavy atom. The molecule has 0 aliphatic carbocycles. The molecule has 19 heavy (non-hydrogen) atoms. The van der Waals surface area contributed by atoms with Gasteiger partial charge in [0.2, 0.25) is 0 Å². The number of halogens is 4. The summed E-state index contributed by atoms with van der Waals surface area (Å²) in [6.07, 6.45) is 0. The molecule has 0 amide bonds. The summed E-state index contributed by atoms with van der Waals surface area (Å²) in [4.78, 5) is 0. The monoisotopic (exact) mass is 378 g/mol. The lowest BCUT2D eigenvalue weighted by molar-refractivity contribution is 0.414. The molecule has 2 rings (SSSR count). The highest BCUT2D eigenvalue weighted by atomic mass is 79.9. The summed E-state index contributed by atoms with van der Waals surface area (Å²) in [7, 11) is 1.59. The highest BCUT2D eigenvalue weighted by Gasteiger charge is 2.17. The topological polar surface area (TPSA) is 9.23 Å². The van der Waals surface area contributed by atoms with Crippen molar-refractivity contribution in [1.29, 1.82) is 0 Å². The van der Waals surface area contributed by atoms with Gasteiger partial charge in [0.1, 0.15) is 5.75 Å². The summed E-state index contributed by atoms with van der Waals surface area (Å²) < 4.78 is 6.01. The molecule has 0 heterocycles. The van der Waals surface area contributed by atoms with Gasteiger partial charge in [-0.25, -0.2) is 0 Å². The SMILES string of the molecule is COc1ccc(C(Cl)c2cc(Cl)ccc2Br)c(Cl)c1. The number of alkyl halides is 1. The zero-order valence-electron chi connectivity index (χ0n) is 9.96. The third-order valence-corrected chi connectivity index (χ3v) is 4.47. The average molecular weight is 380 g/mol. The van der Waals surface area contributed by atoms with Crippen LogP contribution in [0.3, 0.4) is 0 Å². The second kappa shape index (κ2) is 6.36. The molecule has 0 N–H and O–H groups in total. The van der Waals surface area contributed by atoms with Crippen LogP contribution in [0.2, 0.25) is 10.0 Å². The molecule has 1 unspecified atom stereocenters. The number of rotatable bonds is 3. The van der Waals surface area contributed by atoms with E-state index in [1.807, 2.05) is 24.3 Å². The minimum atomic E-state index is -0.383. The van der Waals surface area contributed by atoms with Crippen LogP contribution >= 0.6 is 50.7 Å². The van der Waals surface area contributed by atoms with Crippen LogP contribution in [-0.4, -0.2) is 7.11 Å². The molecule has 0 radical (unpaired) electrons. The van der Waals surface area contributed by atoms with Crippen molar-refractivity contribution in [2.45, 2.75) is 5.38 Å². The fourth-order valence-corrected chi connectivity index (χ4v) is 3.21. The van der Waals surface area contributed by atoms with Gasteiger partial charge in [-0.2, -0.15) is 0 Å². The van der Waals surface area contributed by atoms with Gasteiger partial charge in [-0.3, -0.25) is 0 Å². The van der Waals surface area contributed by atoms with Crippen LogP contribution in [0.1, 0.15) is 16.5 Å². The molecule has 1 nitrogen and oxygen atoms in total. The first-order valence-electron chi connectivity index (χ1n) is 5.45. The molecule has 0 aromatic heterocycles. The second-order valence-corrected chi connectivity index (χ2v) is 6.05. The van der Waals surface area contributed by atoms with Gasteiger partial charge in [-0.1, -0.05) is 45.2 Å². The maximum Gasteiger partial charge on any atom is 0.120 e. The zero-order valence-corrected chi connectivity index (χ0v) is 13.8. The zero-order chi connectivity index (χ0) is 14.0. The van der Waals surface area contributed by atoms with Crippen LogP contribution in [0.15, 0.2) is 40.9 Å². The molecule has 1 atom stereocenters. The predicted molar refractivity (Wildman–Crippen MR) is 84.9 cm³/mol. The van der Waals surface area contributed by atoms with E-state index in [0.717, 1.165) is 15.6 Å². The third-order valence-electron chi connectivity index (χ3n) is 2.71. The van der Waals surface area contributed by atoms with Crippen molar-refractivity contribution in [3.8, 4) is 5.75 Å². The molecule has 0 aliphatic rings. The van der Waals surface area contributed by atoms with Gasteiger partial charge < -0.3 is 4.74 Å². The van der Waals surface area contributed by atoms with Gasteiger partial charge in [0.25, 0.3) is 0 Å². The molecule has 0 saturated heterocycles. The Kier molecular flexibility index (Phi) is 5.02. The van der Waals surface area contributed by atoms with Crippen molar-refractivity contribution in [3.05, 3.63) is 62.0 Å². The fourth-order valence-electron chi connectivity index (χ4n) is 1.72. The van der Waals surface area contributed by atoms with Crippen molar-refractivity contribution in [2.24, 2.45) is 0 Å². The van der Waals surface area contributed by atoms with Crippen LogP contribution < -0.4 is 4.74 Å². The maximum atomic E-state index is 6.50. The summed E-state index contributed by atoms with van der Waals surface area (Å²) in [6.45, 7) is 0. The van der Waals surface area contributed by atoms with Gasteiger partial charge in [-0.15, -0.1) is 11.6 Å². The summed E-state index contributed by atoms with van der Waals surface area (Å²) in [5.41, 5.74) is 1.69. The van der Waals surface area contributed by atoms with E-state index in [-0.39, 0.29) is 5.38 Å². The van der Waals surface area contributed by atoms with Crippen LogP contribution in [-0.2, 0) is 0 Å². The number of hydrogen-bond acceptors (Lipinski definition) is 1. The molecule has 5 heteroatoms. The van der Waals surface area contributed by atoms with Crippen molar-refractivity contribution in [2.75, 3.05) is 7.11 Å². The van der Waals surface area contributed by atoms with Crippen molar-refractivity contribution in [1.82, 2.24) is 0 Å². The lowest BCUT2D eigenvalue weighted by Gasteiger charge is -2.15. The molecule has 0 fully saturated rings. The Balaban J connectivity index is 2.43. The third kappa shape index (κ3) is 3.38. The highest BCUT2D eigenvalue weighted by Crippen LogP contribution is 2.39. The molecule has 2 aromatic rings. The van der Waals surface area contributed by atoms with E-state index in [0.29, 0.717) is 15.8 Å². The first-order chi connectivity index (χ1) is 9.02. The van der Waals surface area contributed by atoms with Crippen LogP contribution in [0.5, 0.6) is 5.75 Å². The summed E-state index contributed by atoms with van der Waals surface area (Å²) in [5.74, 6) is 0.697. The van der Waals surface area contributed by atoms with Gasteiger partial charge >= 0.3 is 0 Å². The molecular formula is C14H10BrCl3O. The smallest absolute Gasteiger partial charge is 0.120 e. The average Bonchev–Trinajstić information content (AvgIpc) is 2.40. The van der Waals surface area contributed by atoms with E-state index < -0.39 is 0 Å². The largest absolute Gasteiger partial charge is 0.497 e. The quantitative estimate of drug-likeness (QED) is 0.585. The van der Waals surface area contributed by atoms with E-state index in [4.69, 9.17) is 39.5 Å². The number of ether oxygens (including phenoxy) is 1. The Hall–Kier alpha value is -0.410. The number of methoxy groups -OCH3 is 1. The maximum absolute atomic E-state index is 6.50. The first-order valence-corrected chi connectivity index (χ1v) is 7.44. The molecular weight excluding hydrogens is 370 g/mol. The first kappa shape index (κ1) is 15.0. The molecule has 0 spiro atoms. The minimum absolute atomic E-state index is 0.383. The van der Waals surface area contributed by atoms with E-state index >= 15 is 0 Å². The van der Waals surface area contributed by atoms with Crippen molar-refractivity contribution < 1.29 is 4.74 Å². The highest BCUT2D eigenvalue weighted by molar-refractivity contribution is 9.10. The van der Waals surface area contributed by atoms with Crippen LogP contribution in [0.25, 0.3) is 0 Å². The fraction of sp³-hybridized carbons (Fsp3) is 0.143. The van der Waals surface area contributed by atoms with Crippen molar-refractivity contribution in [3.63, 3.8) is 0 Å². The normalized spacial score (nSPS) is 12.3. The number of benzene rings is 2. The summed E-state index contributed by atoms with van der Waals surface area (Å²) in [5, 5.41) is 0.811. The second-order valence-electron chi connectivity index (χ2n) is 3.92. The molecule has 2 aromatic carbocycles. The standard InChI is InChI=1S/C14H10BrCl3O/c1-19-9-3-4-10(13(17)7-9)14(18)11-6-8(16)2-5-12(11)15/h2-7,14H,1H3. The molecule has 100 valence electrons. The summed E-state index contributed by atoms with van der Waals surface area (Å²) in [6, 6.07) is 10.9. The van der Waals surface area contributed by atoms with Gasteiger partial charge in [-0.05, 0) is 41.5 Å². The van der Waals surface area contributed by atoms with E-state index in [1.165, 1.54) is 0 Å². The molecule has 0 aliphatic heterocycles. The lowest BCUT2D eigenvalue weighted by atomic mass is 10.0. The minimum Gasteiger partial charge on any atom is -0.497 e. The van der Waals surface area contributed by atoms with Crippen molar-refractivity contribution >= 4 is 50.7 Å². The van der Waals surface area contributed by atoms with E-state index in [9.17, 15) is 0 Å². The Bertz CT molecular complexity index is 601. The Morgan fingerprint density at radius 1 is 1.05 bits per heavy atom. The van der Waals surface area contributed by atoms with Gasteiger partial charge in [0, 0.05) is 14.5 Å². The summed E-state index contributed by atoms with van der Waals surface area (Å²) >= 11 is 22.2. The molecule has 0 bridgehead atoms.